The van der Waals surface area contributed by atoms with Gasteiger partial charge in [0, 0.05) is 18.7 Å². The van der Waals surface area contributed by atoms with Gasteiger partial charge in [-0.1, -0.05) is 30.3 Å². The predicted molar refractivity (Wildman–Crippen MR) is 108 cm³/mol. The molecule has 0 N–H and O–H groups in total. The second-order valence-corrected chi connectivity index (χ2v) is 6.88. The molecule has 3 rings (SSSR count). The van der Waals surface area contributed by atoms with Gasteiger partial charge in [-0.05, 0) is 55.4 Å². The van der Waals surface area contributed by atoms with E-state index >= 15 is 0 Å². The van der Waals surface area contributed by atoms with Gasteiger partial charge in [-0.25, -0.2) is 4.39 Å². The molecule has 0 unspecified atom stereocenters. The van der Waals surface area contributed by atoms with Crippen LogP contribution in [-0.4, -0.2) is 29.1 Å². The van der Waals surface area contributed by atoms with Crippen molar-refractivity contribution in [2.24, 2.45) is 4.99 Å². The van der Waals surface area contributed by atoms with E-state index in [2.05, 4.69) is 4.99 Å². The number of amidine groups is 1. The Morgan fingerprint density at radius 2 is 1.89 bits per heavy atom. The lowest BCUT2D eigenvalue weighted by Crippen LogP contribution is -2.28. The third kappa shape index (κ3) is 4.57. The SMILES string of the molecule is CCN=C1S/C(=C\c2ccccc2OCc2ccc(F)cc2)C(=O)N1CC. The number of hydrogen-bond acceptors (Lipinski definition) is 4. The molecule has 0 radical (unpaired) electrons. The van der Waals surface area contributed by atoms with Crippen LogP contribution < -0.4 is 4.74 Å². The Labute approximate surface area is 162 Å². The molecule has 1 aliphatic heterocycles. The first-order valence-corrected chi connectivity index (χ1v) is 9.66. The highest BCUT2D eigenvalue weighted by Gasteiger charge is 2.31. The van der Waals surface area contributed by atoms with Gasteiger partial charge in [0.25, 0.3) is 5.91 Å². The number of carbonyl (C=O) groups is 1. The number of carbonyl (C=O) groups excluding carboxylic acids is 1. The van der Waals surface area contributed by atoms with E-state index in [4.69, 9.17) is 4.74 Å². The normalized spacial score (nSPS) is 17.1. The zero-order valence-corrected chi connectivity index (χ0v) is 16.1. The van der Waals surface area contributed by atoms with Gasteiger partial charge in [-0.2, -0.15) is 0 Å². The summed E-state index contributed by atoms with van der Waals surface area (Å²) in [6, 6.07) is 13.8. The van der Waals surface area contributed by atoms with Crippen LogP contribution in [0.2, 0.25) is 0 Å². The Bertz CT molecular complexity index is 878. The lowest BCUT2D eigenvalue weighted by Gasteiger charge is -2.11. The molecule has 0 atom stereocenters. The number of hydrogen-bond donors (Lipinski definition) is 0. The van der Waals surface area contributed by atoms with E-state index in [1.54, 1.807) is 17.0 Å². The van der Waals surface area contributed by atoms with Gasteiger partial charge in [0.2, 0.25) is 0 Å². The molecule has 2 aromatic carbocycles. The maximum atomic E-state index is 13.0. The lowest BCUT2D eigenvalue weighted by molar-refractivity contribution is -0.122. The first-order valence-electron chi connectivity index (χ1n) is 8.84. The number of rotatable bonds is 6. The molecule has 1 heterocycles. The maximum absolute atomic E-state index is 13.0. The Kier molecular flexibility index (Phi) is 6.29. The number of likely N-dealkylation sites (N-methyl/N-ethyl adjacent to an activating group) is 1. The quantitative estimate of drug-likeness (QED) is 0.677. The molecule has 4 nitrogen and oxygen atoms in total. The number of halogens is 1. The molecule has 1 saturated heterocycles. The Hall–Kier alpha value is -2.60. The predicted octanol–water partition coefficient (Wildman–Crippen LogP) is 4.72. The number of ether oxygens (including phenoxy) is 1. The summed E-state index contributed by atoms with van der Waals surface area (Å²) < 4.78 is 18.9. The summed E-state index contributed by atoms with van der Waals surface area (Å²) in [5.74, 6) is 0.361. The van der Waals surface area contributed by atoms with Gasteiger partial charge in [0.05, 0.1) is 4.91 Å². The van der Waals surface area contributed by atoms with Crippen LogP contribution >= 0.6 is 11.8 Å². The molecule has 0 bridgehead atoms. The molecule has 27 heavy (non-hydrogen) atoms. The number of benzene rings is 2. The van der Waals surface area contributed by atoms with Gasteiger partial charge in [0.1, 0.15) is 18.2 Å². The van der Waals surface area contributed by atoms with Gasteiger partial charge < -0.3 is 4.74 Å². The van der Waals surface area contributed by atoms with Crippen LogP contribution in [0.5, 0.6) is 5.75 Å². The topological polar surface area (TPSA) is 41.9 Å². The van der Waals surface area contributed by atoms with E-state index in [0.29, 0.717) is 30.4 Å². The smallest absolute Gasteiger partial charge is 0.266 e. The summed E-state index contributed by atoms with van der Waals surface area (Å²) in [4.78, 5) is 19.3. The summed E-state index contributed by atoms with van der Waals surface area (Å²) in [7, 11) is 0. The highest BCUT2D eigenvalue weighted by atomic mass is 32.2. The molecule has 0 spiro atoms. The fourth-order valence-corrected chi connectivity index (χ4v) is 3.75. The molecule has 0 aromatic heterocycles. The monoisotopic (exact) mass is 384 g/mol. The number of para-hydroxylation sites is 1. The van der Waals surface area contributed by atoms with Crippen molar-refractivity contribution in [3.05, 3.63) is 70.4 Å². The molecule has 0 aliphatic carbocycles. The van der Waals surface area contributed by atoms with Gasteiger partial charge >= 0.3 is 0 Å². The zero-order chi connectivity index (χ0) is 19.2. The fourth-order valence-electron chi connectivity index (χ4n) is 2.65. The van der Waals surface area contributed by atoms with Gasteiger partial charge in [0.15, 0.2) is 5.17 Å². The van der Waals surface area contributed by atoms with E-state index in [9.17, 15) is 9.18 Å². The molecule has 6 heteroatoms. The number of thioether (sulfide) groups is 1. The lowest BCUT2D eigenvalue weighted by atomic mass is 10.1. The van der Waals surface area contributed by atoms with E-state index in [-0.39, 0.29) is 11.7 Å². The van der Waals surface area contributed by atoms with Gasteiger partial charge in [-0.15, -0.1) is 0 Å². The zero-order valence-electron chi connectivity index (χ0n) is 15.3. The summed E-state index contributed by atoms with van der Waals surface area (Å²) in [6.07, 6.45) is 1.84. The van der Waals surface area contributed by atoms with Gasteiger partial charge in [-0.3, -0.25) is 14.7 Å². The van der Waals surface area contributed by atoms with Crippen LogP contribution in [0.25, 0.3) is 6.08 Å². The molecule has 140 valence electrons. The first-order chi connectivity index (χ1) is 13.1. The number of aliphatic imine (C=N–C) groups is 1. The highest BCUT2D eigenvalue weighted by molar-refractivity contribution is 8.18. The minimum atomic E-state index is -0.273. The Morgan fingerprint density at radius 1 is 1.15 bits per heavy atom. The fraction of sp³-hybridized carbons (Fsp3) is 0.238. The molecule has 1 amide bonds. The molecule has 2 aromatic rings. The second-order valence-electron chi connectivity index (χ2n) is 5.87. The van der Waals surface area contributed by atoms with Crippen molar-refractivity contribution in [3.8, 4) is 5.75 Å². The van der Waals surface area contributed by atoms with Crippen molar-refractivity contribution in [3.63, 3.8) is 0 Å². The molecular weight excluding hydrogens is 363 g/mol. The summed E-state index contributed by atoms with van der Waals surface area (Å²) in [5, 5.41) is 0.737. The van der Waals surface area contributed by atoms with Crippen molar-refractivity contribution in [2.45, 2.75) is 20.5 Å². The van der Waals surface area contributed by atoms with Crippen LogP contribution in [0.3, 0.4) is 0 Å². The molecular formula is C21H21FN2O2S. The highest BCUT2D eigenvalue weighted by Crippen LogP contribution is 2.34. The van der Waals surface area contributed by atoms with Crippen molar-refractivity contribution >= 4 is 28.9 Å². The maximum Gasteiger partial charge on any atom is 0.266 e. The number of nitrogens with zero attached hydrogens (tertiary/aromatic N) is 2. The van der Waals surface area contributed by atoms with E-state index in [1.807, 2.05) is 44.2 Å². The minimum Gasteiger partial charge on any atom is -0.488 e. The third-order valence-electron chi connectivity index (χ3n) is 4.01. The summed E-state index contributed by atoms with van der Waals surface area (Å²) >= 11 is 1.39. The Morgan fingerprint density at radius 3 is 2.59 bits per heavy atom. The van der Waals surface area contributed by atoms with Crippen molar-refractivity contribution in [2.75, 3.05) is 13.1 Å². The Balaban J connectivity index is 1.81. The van der Waals surface area contributed by atoms with Crippen molar-refractivity contribution in [1.29, 1.82) is 0 Å². The van der Waals surface area contributed by atoms with E-state index in [0.717, 1.165) is 16.3 Å². The average Bonchev–Trinajstić information content (AvgIpc) is 2.97. The van der Waals surface area contributed by atoms with Crippen molar-refractivity contribution < 1.29 is 13.9 Å². The van der Waals surface area contributed by atoms with Crippen LogP contribution in [0.4, 0.5) is 4.39 Å². The molecule has 1 fully saturated rings. The average molecular weight is 384 g/mol. The molecule has 1 aliphatic rings. The van der Waals surface area contributed by atoms with E-state index in [1.165, 1.54) is 23.9 Å². The number of amides is 1. The van der Waals surface area contributed by atoms with Crippen LogP contribution in [0.1, 0.15) is 25.0 Å². The van der Waals surface area contributed by atoms with Crippen LogP contribution in [0, 0.1) is 5.82 Å². The third-order valence-corrected chi connectivity index (χ3v) is 5.06. The summed E-state index contributed by atoms with van der Waals surface area (Å²) in [5.41, 5.74) is 1.70. The largest absolute Gasteiger partial charge is 0.488 e. The van der Waals surface area contributed by atoms with Crippen molar-refractivity contribution in [1.82, 2.24) is 4.90 Å². The first kappa shape index (κ1) is 19.2. The second kappa shape index (κ2) is 8.86. The van der Waals surface area contributed by atoms with E-state index < -0.39 is 0 Å². The molecule has 0 saturated carbocycles. The standard InChI is InChI=1S/C21H21FN2O2S/c1-3-23-21-24(4-2)20(25)19(27-21)13-16-7-5-6-8-18(16)26-14-15-9-11-17(22)12-10-15/h5-13H,3-4,14H2,1-2H3/b19-13-,23-21?. The minimum absolute atomic E-state index is 0.0389. The van der Waals surface area contributed by atoms with Crippen LogP contribution in [-0.2, 0) is 11.4 Å². The van der Waals surface area contributed by atoms with Crippen LogP contribution in [0.15, 0.2) is 58.4 Å². The summed E-state index contributed by atoms with van der Waals surface area (Å²) in [6.45, 7) is 5.44.